The molecule has 1 aliphatic rings. The smallest absolute Gasteiger partial charge is 0.279 e. The van der Waals surface area contributed by atoms with Gasteiger partial charge in [0, 0.05) is 18.9 Å². The third-order valence-corrected chi connectivity index (χ3v) is 2.93. The van der Waals surface area contributed by atoms with Crippen LogP contribution in [0.5, 0.6) is 0 Å². The van der Waals surface area contributed by atoms with Gasteiger partial charge in [-0.15, -0.1) is 0 Å². The zero-order chi connectivity index (χ0) is 12.3. The van der Waals surface area contributed by atoms with Crippen LogP contribution in [0.2, 0.25) is 0 Å². The Balaban J connectivity index is 1.93. The molecule has 0 atom stereocenters. The molecule has 1 aliphatic heterocycles. The second-order valence-corrected chi connectivity index (χ2v) is 4.31. The van der Waals surface area contributed by atoms with E-state index in [1.54, 1.807) is 0 Å². The Morgan fingerprint density at radius 3 is 2.65 bits per heavy atom. The Bertz CT molecular complexity index is 417. The van der Waals surface area contributed by atoms with Crippen molar-refractivity contribution in [1.82, 2.24) is 0 Å². The van der Waals surface area contributed by atoms with E-state index in [2.05, 4.69) is 5.32 Å². The number of halogens is 2. The molecular formula is C12H15F2N2O+. The van der Waals surface area contributed by atoms with Crippen LogP contribution in [0.1, 0.15) is 12.8 Å². The molecule has 0 unspecified atom stereocenters. The standard InChI is InChI=1S/C12H14F2N2O/c13-9-3-4-11(10(14)7-9)15-12(17)8-16-5-1-2-6-16/h3-4,7H,1-2,5-6,8H2,(H,15,17)/p+1. The number of amides is 1. The lowest BCUT2D eigenvalue weighted by Crippen LogP contribution is -3.11. The zero-order valence-corrected chi connectivity index (χ0v) is 9.43. The first kappa shape index (κ1) is 12.0. The number of carbonyl (C=O) groups excluding carboxylic acids is 1. The van der Waals surface area contributed by atoms with Gasteiger partial charge in [-0.3, -0.25) is 4.79 Å². The summed E-state index contributed by atoms with van der Waals surface area (Å²) in [7, 11) is 0. The highest BCUT2D eigenvalue weighted by atomic mass is 19.1. The number of hydrogen-bond donors (Lipinski definition) is 2. The van der Waals surface area contributed by atoms with Gasteiger partial charge in [-0.1, -0.05) is 0 Å². The summed E-state index contributed by atoms with van der Waals surface area (Å²) >= 11 is 0. The van der Waals surface area contributed by atoms with Crippen LogP contribution in [0.3, 0.4) is 0 Å². The van der Waals surface area contributed by atoms with Gasteiger partial charge in [0.1, 0.15) is 11.6 Å². The molecule has 2 N–H and O–H groups in total. The highest BCUT2D eigenvalue weighted by Gasteiger charge is 2.19. The second kappa shape index (κ2) is 5.23. The predicted octanol–water partition coefficient (Wildman–Crippen LogP) is 0.582. The highest BCUT2D eigenvalue weighted by Crippen LogP contribution is 2.14. The van der Waals surface area contributed by atoms with Crippen molar-refractivity contribution in [2.75, 3.05) is 25.0 Å². The largest absolute Gasteiger partial charge is 0.327 e. The van der Waals surface area contributed by atoms with E-state index in [1.165, 1.54) is 11.0 Å². The molecule has 2 rings (SSSR count). The van der Waals surface area contributed by atoms with Crippen LogP contribution in [-0.2, 0) is 4.79 Å². The number of nitrogens with one attached hydrogen (secondary N) is 2. The molecule has 1 heterocycles. The fourth-order valence-electron chi connectivity index (χ4n) is 2.06. The van der Waals surface area contributed by atoms with Crippen LogP contribution in [0.15, 0.2) is 18.2 Å². The van der Waals surface area contributed by atoms with Crippen LogP contribution >= 0.6 is 0 Å². The lowest BCUT2D eigenvalue weighted by atomic mass is 10.3. The molecule has 0 radical (unpaired) electrons. The molecule has 3 nitrogen and oxygen atoms in total. The van der Waals surface area contributed by atoms with Gasteiger partial charge in [0.25, 0.3) is 5.91 Å². The molecule has 0 spiro atoms. The average Bonchev–Trinajstić information content (AvgIpc) is 2.75. The molecule has 92 valence electrons. The normalized spacial score (nSPS) is 16.1. The quantitative estimate of drug-likeness (QED) is 0.797. The van der Waals surface area contributed by atoms with Crippen molar-refractivity contribution in [2.45, 2.75) is 12.8 Å². The summed E-state index contributed by atoms with van der Waals surface area (Å²) in [4.78, 5) is 12.8. The fourth-order valence-corrected chi connectivity index (χ4v) is 2.06. The maximum absolute atomic E-state index is 13.3. The lowest BCUT2D eigenvalue weighted by Gasteiger charge is -2.12. The number of likely N-dealkylation sites (tertiary alicyclic amines) is 1. The van der Waals surface area contributed by atoms with Crippen molar-refractivity contribution >= 4 is 11.6 Å². The minimum atomic E-state index is -0.741. The van der Waals surface area contributed by atoms with Crippen molar-refractivity contribution in [1.29, 1.82) is 0 Å². The zero-order valence-electron chi connectivity index (χ0n) is 9.43. The summed E-state index contributed by atoms with van der Waals surface area (Å²) < 4.78 is 25.9. The summed E-state index contributed by atoms with van der Waals surface area (Å²) in [5.74, 6) is -1.62. The summed E-state index contributed by atoms with van der Waals surface area (Å²) in [5, 5.41) is 2.46. The van der Waals surface area contributed by atoms with Crippen LogP contribution in [0.4, 0.5) is 14.5 Å². The number of hydrogen-bond acceptors (Lipinski definition) is 1. The number of rotatable bonds is 3. The summed E-state index contributed by atoms with van der Waals surface area (Å²) in [5.41, 5.74) is 0.0370. The van der Waals surface area contributed by atoms with Gasteiger partial charge in [0.2, 0.25) is 0 Å². The van der Waals surface area contributed by atoms with Gasteiger partial charge in [0.05, 0.1) is 18.8 Å². The van der Waals surface area contributed by atoms with Gasteiger partial charge in [-0.05, 0) is 12.1 Å². The SMILES string of the molecule is O=C(C[NH+]1CCCC1)Nc1ccc(F)cc1F. The predicted molar refractivity (Wildman–Crippen MR) is 59.8 cm³/mol. The van der Waals surface area contributed by atoms with Gasteiger partial charge < -0.3 is 10.2 Å². The first-order chi connectivity index (χ1) is 8.15. The Morgan fingerprint density at radius 1 is 1.29 bits per heavy atom. The Labute approximate surface area is 98.4 Å². The Hall–Kier alpha value is -1.49. The van der Waals surface area contributed by atoms with Crippen LogP contribution in [0.25, 0.3) is 0 Å². The summed E-state index contributed by atoms with van der Waals surface area (Å²) in [6.45, 7) is 2.31. The van der Waals surface area contributed by atoms with Crippen LogP contribution in [0, 0.1) is 11.6 Å². The Kier molecular flexibility index (Phi) is 3.68. The summed E-state index contributed by atoms with van der Waals surface area (Å²) in [6, 6.07) is 3.13. The first-order valence-corrected chi connectivity index (χ1v) is 5.73. The molecule has 1 fully saturated rings. The topological polar surface area (TPSA) is 33.5 Å². The molecule has 0 bridgehead atoms. The molecule has 0 aliphatic carbocycles. The minimum Gasteiger partial charge on any atom is -0.327 e. The molecule has 1 saturated heterocycles. The van der Waals surface area contributed by atoms with Crippen molar-refractivity contribution < 1.29 is 18.5 Å². The molecule has 17 heavy (non-hydrogen) atoms. The molecule has 1 aromatic rings. The number of benzene rings is 1. The van der Waals surface area contributed by atoms with E-state index in [1.807, 2.05) is 0 Å². The molecule has 5 heteroatoms. The number of anilines is 1. The van der Waals surface area contributed by atoms with Gasteiger partial charge in [-0.25, -0.2) is 8.78 Å². The molecule has 0 aromatic heterocycles. The van der Waals surface area contributed by atoms with Crippen LogP contribution in [-0.4, -0.2) is 25.5 Å². The van der Waals surface area contributed by atoms with E-state index in [0.717, 1.165) is 38.1 Å². The van der Waals surface area contributed by atoms with E-state index in [0.29, 0.717) is 6.54 Å². The van der Waals surface area contributed by atoms with Crippen molar-refractivity contribution in [3.63, 3.8) is 0 Å². The monoisotopic (exact) mass is 241 g/mol. The van der Waals surface area contributed by atoms with Crippen molar-refractivity contribution in [3.05, 3.63) is 29.8 Å². The van der Waals surface area contributed by atoms with Gasteiger partial charge in [0.15, 0.2) is 6.54 Å². The van der Waals surface area contributed by atoms with E-state index in [9.17, 15) is 13.6 Å². The van der Waals surface area contributed by atoms with Crippen LogP contribution < -0.4 is 10.2 Å². The third-order valence-electron chi connectivity index (χ3n) is 2.93. The maximum Gasteiger partial charge on any atom is 0.279 e. The Morgan fingerprint density at radius 2 is 2.00 bits per heavy atom. The molecule has 1 aromatic carbocycles. The van der Waals surface area contributed by atoms with Gasteiger partial charge in [-0.2, -0.15) is 0 Å². The highest BCUT2D eigenvalue weighted by molar-refractivity contribution is 5.91. The number of carbonyl (C=O) groups is 1. The number of quaternary nitrogens is 1. The minimum absolute atomic E-state index is 0.0370. The second-order valence-electron chi connectivity index (χ2n) is 4.31. The summed E-state index contributed by atoms with van der Waals surface area (Å²) in [6.07, 6.45) is 2.26. The molecule has 0 saturated carbocycles. The third kappa shape index (κ3) is 3.23. The molecule has 1 amide bonds. The lowest BCUT2D eigenvalue weighted by molar-refractivity contribution is -0.878. The van der Waals surface area contributed by atoms with Crippen molar-refractivity contribution in [3.8, 4) is 0 Å². The molecular weight excluding hydrogens is 226 g/mol. The van der Waals surface area contributed by atoms with E-state index in [-0.39, 0.29) is 11.6 Å². The van der Waals surface area contributed by atoms with E-state index >= 15 is 0 Å². The van der Waals surface area contributed by atoms with E-state index in [4.69, 9.17) is 0 Å². The first-order valence-electron chi connectivity index (χ1n) is 5.73. The van der Waals surface area contributed by atoms with E-state index < -0.39 is 11.6 Å². The van der Waals surface area contributed by atoms with Crippen molar-refractivity contribution in [2.24, 2.45) is 0 Å². The fraction of sp³-hybridized carbons (Fsp3) is 0.417. The van der Waals surface area contributed by atoms with Gasteiger partial charge >= 0.3 is 0 Å². The average molecular weight is 241 g/mol. The maximum atomic E-state index is 13.3.